The molecule has 1 atom stereocenters. The summed E-state index contributed by atoms with van der Waals surface area (Å²) in [5, 5.41) is 5.75. The zero-order chi connectivity index (χ0) is 24.2. The molecule has 0 aliphatic carbocycles. The summed E-state index contributed by atoms with van der Waals surface area (Å²) >= 11 is 11.9. The van der Waals surface area contributed by atoms with E-state index in [1.807, 2.05) is 0 Å². The Bertz CT molecular complexity index is 1170. The largest absolute Gasteiger partial charge is 0.479 e. The predicted octanol–water partition coefficient (Wildman–Crippen LogP) is 6.67. The monoisotopic (exact) mass is 496 g/mol. The van der Waals surface area contributed by atoms with Gasteiger partial charge < -0.3 is 15.4 Å². The van der Waals surface area contributed by atoms with E-state index in [2.05, 4.69) is 10.6 Å². The lowest BCUT2D eigenvalue weighted by atomic mass is 10.1. The first-order valence-corrected chi connectivity index (χ1v) is 10.3. The van der Waals surface area contributed by atoms with Gasteiger partial charge in [0.05, 0.1) is 10.6 Å². The van der Waals surface area contributed by atoms with E-state index in [4.69, 9.17) is 27.9 Å². The van der Waals surface area contributed by atoms with E-state index in [9.17, 15) is 22.8 Å². The van der Waals surface area contributed by atoms with E-state index in [1.165, 1.54) is 49.4 Å². The van der Waals surface area contributed by atoms with E-state index >= 15 is 0 Å². The molecule has 5 nitrogen and oxygen atoms in total. The molecule has 0 bridgehead atoms. The summed E-state index contributed by atoms with van der Waals surface area (Å²) in [6, 6.07) is 14.8. The Morgan fingerprint density at radius 3 is 2.24 bits per heavy atom. The van der Waals surface area contributed by atoms with Crippen molar-refractivity contribution in [1.82, 2.24) is 0 Å². The van der Waals surface area contributed by atoms with Crippen LogP contribution in [0.1, 0.15) is 22.8 Å². The molecule has 0 aliphatic heterocycles. The number of amides is 2. The predicted molar refractivity (Wildman–Crippen MR) is 121 cm³/mol. The zero-order valence-corrected chi connectivity index (χ0v) is 18.6. The number of carbonyl (C=O) groups excluding carboxylic acids is 2. The van der Waals surface area contributed by atoms with Gasteiger partial charge in [-0.25, -0.2) is 0 Å². The number of halogens is 5. The van der Waals surface area contributed by atoms with Crippen molar-refractivity contribution in [2.45, 2.75) is 19.2 Å². The van der Waals surface area contributed by atoms with Gasteiger partial charge in [-0.1, -0.05) is 29.3 Å². The van der Waals surface area contributed by atoms with Crippen LogP contribution in [0.15, 0.2) is 66.7 Å². The van der Waals surface area contributed by atoms with E-state index < -0.39 is 29.7 Å². The van der Waals surface area contributed by atoms with Crippen molar-refractivity contribution < 1.29 is 27.5 Å². The van der Waals surface area contributed by atoms with Crippen molar-refractivity contribution in [2.75, 3.05) is 10.6 Å². The van der Waals surface area contributed by atoms with Crippen molar-refractivity contribution in [2.24, 2.45) is 0 Å². The molecule has 3 aromatic rings. The number of carbonyl (C=O) groups is 2. The van der Waals surface area contributed by atoms with Crippen molar-refractivity contribution in [3.63, 3.8) is 0 Å². The highest BCUT2D eigenvalue weighted by molar-refractivity contribution is 6.35. The van der Waals surface area contributed by atoms with E-state index in [1.54, 1.807) is 12.1 Å². The van der Waals surface area contributed by atoms with Gasteiger partial charge in [0.25, 0.3) is 11.8 Å². The summed E-state index contributed by atoms with van der Waals surface area (Å²) in [5.74, 6) is -0.756. The lowest BCUT2D eigenvalue weighted by Gasteiger charge is -2.16. The summed E-state index contributed by atoms with van der Waals surface area (Å²) in [5.41, 5.74) is -0.260. The fourth-order valence-corrected chi connectivity index (χ4v) is 3.19. The molecule has 0 fully saturated rings. The maximum absolute atomic E-state index is 12.8. The van der Waals surface area contributed by atoms with Crippen LogP contribution in [0, 0.1) is 0 Å². The second kappa shape index (κ2) is 10.1. The highest BCUT2D eigenvalue weighted by Crippen LogP contribution is 2.31. The molecule has 3 aromatic carbocycles. The average molecular weight is 497 g/mol. The first-order valence-electron chi connectivity index (χ1n) is 9.54. The first kappa shape index (κ1) is 24.4. The maximum Gasteiger partial charge on any atom is 0.416 e. The molecule has 3 rings (SSSR count). The van der Waals surface area contributed by atoms with Crippen LogP contribution >= 0.6 is 23.2 Å². The molecule has 172 valence electrons. The number of anilines is 2. The molecule has 0 saturated heterocycles. The Morgan fingerprint density at radius 2 is 1.61 bits per heavy atom. The number of benzene rings is 3. The second-order valence-electron chi connectivity index (χ2n) is 6.93. The quantitative estimate of drug-likeness (QED) is 0.400. The van der Waals surface area contributed by atoms with Crippen LogP contribution < -0.4 is 15.4 Å². The Balaban J connectivity index is 1.60. The van der Waals surface area contributed by atoms with Gasteiger partial charge in [0, 0.05) is 22.0 Å². The van der Waals surface area contributed by atoms with Gasteiger partial charge in [0.1, 0.15) is 5.75 Å². The van der Waals surface area contributed by atoms with Crippen molar-refractivity contribution in [3.05, 3.63) is 87.9 Å². The minimum atomic E-state index is -4.51. The first-order chi connectivity index (χ1) is 15.5. The standard InChI is InChI=1S/C23H17Cl2F3N2O3/c1-13(33-20-10-7-16(24)12-19(20)25)21(31)29-17-8-5-14(6-9-17)22(32)30-18-4-2-3-15(11-18)23(26,27)28/h2-13H,1H3,(H,29,31)(H,30,32). The second-order valence-corrected chi connectivity index (χ2v) is 7.78. The normalized spacial score (nSPS) is 12.1. The summed E-state index contributed by atoms with van der Waals surface area (Å²) in [4.78, 5) is 24.7. The number of rotatable bonds is 6. The van der Waals surface area contributed by atoms with Crippen LogP contribution in [0.5, 0.6) is 5.75 Å². The van der Waals surface area contributed by atoms with E-state index in [0.717, 1.165) is 12.1 Å². The Labute approximate surface area is 197 Å². The van der Waals surface area contributed by atoms with Crippen LogP contribution in [0.25, 0.3) is 0 Å². The van der Waals surface area contributed by atoms with Crippen molar-refractivity contribution in [1.29, 1.82) is 0 Å². The topological polar surface area (TPSA) is 67.4 Å². The molecule has 0 aliphatic rings. The van der Waals surface area contributed by atoms with Gasteiger partial charge in [-0.2, -0.15) is 13.2 Å². The molecule has 0 radical (unpaired) electrons. The highest BCUT2D eigenvalue weighted by Gasteiger charge is 2.30. The lowest BCUT2D eigenvalue weighted by molar-refractivity contribution is -0.137. The van der Waals surface area contributed by atoms with E-state index in [-0.39, 0.29) is 16.3 Å². The third-order valence-electron chi connectivity index (χ3n) is 4.43. The van der Waals surface area contributed by atoms with Crippen molar-refractivity contribution >= 4 is 46.4 Å². The molecule has 1 unspecified atom stereocenters. The van der Waals surface area contributed by atoms with Gasteiger partial charge >= 0.3 is 6.18 Å². The molecule has 2 amide bonds. The Kier molecular flexibility index (Phi) is 7.50. The fraction of sp³-hybridized carbons (Fsp3) is 0.130. The summed E-state index contributed by atoms with van der Waals surface area (Å²) < 4.78 is 44.0. The minimum Gasteiger partial charge on any atom is -0.479 e. The average Bonchev–Trinajstić information content (AvgIpc) is 2.75. The number of nitrogens with one attached hydrogen (secondary N) is 2. The summed E-state index contributed by atoms with van der Waals surface area (Å²) in [7, 11) is 0. The van der Waals surface area contributed by atoms with Gasteiger partial charge in [-0.15, -0.1) is 0 Å². The van der Waals surface area contributed by atoms with Gasteiger partial charge in [0.2, 0.25) is 0 Å². The minimum absolute atomic E-state index is 0.0130. The third-order valence-corrected chi connectivity index (χ3v) is 4.96. The number of hydrogen-bond donors (Lipinski definition) is 2. The smallest absolute Gasteiger partial charge is 0.416 e. The Morgan fingerprint density at radius 1 is 0.909 bits per heavy atom. The van der Waals surface area contributed by atoms with Gasteiger partial charge in [-0.3, -0.25) is 9.59 Å². The fourth-order valence-electron chi connectivity index (χ4n) is 2.74. The third kappa shape index (κ3) is 6.63. The molecular weight excluding hydrogens is 480 g/mol. The van der Waals surface area contributed by atoms with Crippen LogP contribution in [0.4, 0.5) is 24.5 Å². The SMILES string of the molecule is CC(Oc1ccc(Cl)cc1Cl)C(=O)Nc1ccc(C(=O)Nc2cccc(C(F)(F)F)c2)cc1. The summed E-state index contributed by atoms with van der Waals surface area (Å²) in [6.45, 7) is 1.54. The molecule has 10 heteroatoms. The molecule has 0 spiro atoms. The molecular formula is C23H17Cl2F3N2O3. The summed E-state index contributed by atoms with van der Waals surface area (Å²) in [6.07, 6.45) is -5.40. The van der Waals surface area contributed by atoms with Crippen LogP contribution in [0.2, 0.25) is 10.0 Å². The van der Waals surface area contributed by atoms with Crippen LogP contribution in [-0.2, 0) is 11.0 Å². The zero-order valence-electron chi connectivity index (χ0n) is 17.0. The number of hydrogen-bond acceptors (Lipinski definition) is 3. The van der Waals surface area contributed by atoms with Crippen LogP contribution in [-0.4, -0.2) is 17.9 Å². The number of ether oxygens (including phenoxy) is 1. The molecule has 2 N–H and O–H groups in total. The maximum atomic E-state index is 12.8. The van der Waals surface area contributed by atoms with Gasteiger partial charge in [0.15, 0.2) is 6.10 Å². The molecule has 0 heterocycles. The number of alkyl halides is 3. The van der Waals surface area contributed by atoms with Gasteiger partial charge in [-0.05, 0) is 67.6 Å². The molecule has 0 aromatic heterocycles. The van der Waals surface area contributed by atoms with Crippen molar-refractivity contribution in [3.8, 4) is 5.75 Å². The Hall–Kier alpha value is -3.23. The molecule has 0 saturated carbocycles. The highest BCUT2D eigenvalue weighted by atomic mass is 35.5. The lowest BCUT2D eigenvalue weighted by Crippen LogP contribution is -2.30. The van der Waals surface area contributed by atoms with E-state index in [0.29, 0.717) is 16.5 Å². The van der Waals surface area contributed by atoms with Crippen LogP contribution in [0.3, 0.4) is 0 Å². The molecule has 33 heavy (non-hydrogen) atoms.